The van der Waals surface area contributed by atoms with Crippen molar-refractivity contribution in [3.8, 4) is 11.5 Å². The minimum absolute atomic E-state index is 0.301. The highest BCUT2D eigenvalue weighted by atomic mass is 16.5. The van der Waals surface area contributed by atoms with Gasteiger partial charge in [0.05, 0.1) is 14.2 Å². The topological polar surface area (TPSA) is 132 Å². The Morgan fingerprint density at radius 1 is 0.900 bits per heavy atom. The highest BCUT2D eigenvalue weighted by Crippen LogP contribution is 2.14. The zero-order valence-electron chi connectivity index (χ0n) is 16.4. The van der Waals surface area contributed by atoms with Crippen molar-refractivity contribution in [1.29, 1.82) is 0 Å². The Morgan fingerprint density at radius 2 is 1.60 bits per heavy atom. The van der Waals surface area contributed by atoms with Gasteiger partial charge in [-0.25, -0.2) is 4.79 Å². The number of anilines is 1. The number of esters is 1. The zero-order chi connectivity index (χ0) is 21.9. The van der Waals surface area contributed by atoms with Crippen molar-refractivity contribution in [1.82, 2.24) is 10.6 Å². The van der Waals surface area contributed by atoms with Gasteiger partial charge in [-0.1, -0.05) is 6.07 Å². The number of methoxy groups -OCH3 is 2. The van der Waals surface area contributed by atoms with Crippen LogP contribution in [0.3, 0.4) is 0 Å². The highest BCUT2D eigenvalue weighted by Gasteiger charge is 2.13. The quantitative estimate of drug-likeness (QED) is 0.554. The number of carbonyl (C=O) groups is 4. The van der Waals surface area contributed by atoms with Crippen LogP contribution in [0.4, 0.5) is 10.5 Å². The van der Waals surface area contributed by atoms with Crippen LogP contribution in [-0.2, 0) is 14.3 Å². The number of ether oxygens (including phenoxy) is 3. The van der Waals surface area contributed by atoms with E-state index in [1.54, 1.807) is 42.5 Å². The molecule has 0 heterocycles. The Balaban J connectivity index is 1.69. The predicted octanol–water partition coefficient (Wildman–Crippen LogP) is 1.33. The number of nitrogens with one attached hydrogen (secondary N) is 3. The first-order valence-corrected chi connectivity index (χ1v) is 8.74. The molecule has 0 atom stereocenters. The van der Waals surface area contributed by atoms with Gasteiger partial charge in [-0.2, -0.15) is 0 Å². The number of urea groups is 1. The number of benzene rings is 2. The standard InChI is InChI=1S/C20H21N3O7/c1-28-15-8-6-14(7-9-15)22-20(27)23-17(24)12-30-18(25)11-21-19(26)13-4-3-5-16(10-13)29-2/h3-10H,11-12H2,1-2H3,(H,21,26)(H2,22,23,24,27). The van der Waals surface area contributed by atoms with Crippen molar-refractivity contribution >= 4 is 29.5 Å². The van der Waals surface area contributed by atoms with Crippen LogP contribution in [0.2, 0.25) is 0 Å². The van der Waals surface area contributed by atoms with Crippen LogP contribution < -0.4 is 25.4 Å². The zero-order valence-corrected chi connectivity index (χ0v) is 16.4. The molecule has 2 aromatic rings. The summed E-state index contributed by atoms with van der Waals surface area (Å²) in [4.78, 5) is 47.2. The maximum Gasteiger partial charge on any atom is 0.325 e. The summed E-state index contributed by atoms with van der Waals surface area (Å²) >= 11 is 0. The first-order valence-electron chi connectivity index (χ1n) is 8.74. The molecule has 0 aliphatic carbocycles. The van der Waals surface area contributed by atoms with Crippen molar-refractivity contribution in [2.75, 3.05) is 32.7 Å². The van der Waals surface area contributed by atoms with Gasteiger partial charge in [0.25, 0.3) is 11.8 Å². The lowest BCUT2D eigenvalue weighted by atomic mass is 10.2. The summed E-state index contributed by atoms with van der Waals surface area (Å²) < 4.78 is 14.8. The summed E-state index contributed by atoms with van der Waals surface area (Å²) in [5.74, 6) is -1.06. The van der Waals surface area contributed by atoms with Crippen LogP contribution in [0.25, 0.3) is 0 Å². The first-order chi connectivity index (χ1) is 14.4. The van der Waals surface area contributed by atoms with Gasteiger partial charge >= 0.3 is 12.0 Å². The molecule has 0 saturated heterocycles. The Morgan fingerprint density at radius 3 is 2.27 bits per heavy atom. The van der Waals surface area contributed by atoms with Crippen LogP contribution in [0.15, 0.2) is 48.5 Å². The molecular formula is C20H21N3O7. The Bertz CT molecular complexity index is 913. The summed E-state index contributed by atoms with van der Waals surface area (Å²) in [6.07, 6.45) is 0. The minimum atomic E-state index is -0.836. The van der Waals surface area contributed by atoms with E-state index in [0.717, 1.165) is 0 Å². The lowest BCUT2D eigenvalue weighted by Gasteiger charge is -2.09. The predicted molar refractivity (Wildman–Crippen MR) is 106 cm³/mol. The van der Waals surface area contributed by atoms with Gasteiger partial charge in [0.2, 0.25) is 0 Å². The molecule has 4 amide bonds. The summed E-state index contributed by atoms with van der Waals surface area (Å²) in [7, 11) is 2.98. The summed E-state index contributed by atoms with van der Waals surface area (Å²) in [6, 6.07) is 12.0. The molecule has 2 rings (SSSR count). The van der Waals surface area contributed by atoms with Gasteiger partial charge in [-0.3, -0.25) is 19.7 Å². The van der Waals surface area contributed by atoms with E-state index in [4.69, 9.17) is 14.2 Å². The number of imide groups is 1. The van der Waals surface area contributed by atoms with Gasteiger partial charge in [0, 0.05) is 11.3 Å². The van der Waals surface area contributed by atoms with Gasteiger partial charge in [0.1, 0.15) is 18.0 Å². The van der Waals surface area contributed by atoms with Crippen LogP contribution in [0.1, 0.15) is 10.4 Å². The number of hydrogen-bond donors (Lipinski definition) is 3. The second-order valence-electron chi connectivity index (χ2n) is 5.81. The first kappa shape index (κ1) is 22.2. The van der Waals surface area contributed by atoms with Crippen LogP contribution >= 0.6 is 0 Å². The molecule has 0 fully saturated rings. The average Bonchev–Trinajstić information content (AvgIpc) is 2.76. The number of amides is 4. The monoisotopic (exact) mass is 415 g/mol. The summed E-state index contributed by atoms with van der Waals surface area (Å²) in [6.45, 7) is -1.12. The fourth-order valence-corrected chi connectivity index (χ4v) is 2.22. The number of rotatable bonds is 8. The fraction of sp³-hybridized carbons (Fsp3) is 0.200. The maximum absolute atomic E-state index is 12.0. The van der Waals surface area contributed by atoms with Gasteiger partial charge in [-0.15, -0.1) is 0 Å². The molecule has 0 spiro atoms. The van der Waals surface area contributed by atoms with Gasteiger partial charge < -0.3 is 24.8 Å². The Kier molecular flexibility index (Phi) is 8.18. The third-order valence-corrected chi connectivity index (χ3v) is 3.69. The third kappa shape index (κ3) is 7.15. The van der Waals surface area contributed by atoms with Crippen molar-refractivity contribution in [3.05, 3.63) is 54.1 Å². The molecule has 0 unspecified atom stereocenters. The third-order valence-electron chi connectivity index (χ3n) is 3.69. The Labute approximate surface area is 172 Å². The van der Waals surface area contributed by atoms with E-state index in [9.17, 15) is 19.2 Å². The van der Waals surface area contributed by atoms with Crippen molar-refractivity contribution in [2.24, 2.45) is 0 Å². The van der Waals surface area contributed by atoms with Crippen molar-refractivity contribution in [2.45, 2.75) is 0 Å². The van der Waals surface area contributed by atoms with E-state index in [2.05, 4.69) is 10.6 Å². The lowest BCUT2D eigenvalue weighted by Crippen LogP contribution is -2.38. The van der Waals surface area contributed by atoms with E-state index in [1.807, 2.05) is 5.32 Å². The second kappa shape index (κ2) is 11.1. The summed E-state index contributed by atoms with van der Waals surface area (Å²) in [5.41, 5.74) is 0.744. The molecule has 0 radical (unpaired) electrons. The van der Waals surface area contributed by atoms with E-state index in [0.29, 0.717) is 22.7 Å². The smallest absolute Gasteiger partial charge is 0.325 e. The molecule has 0 aliphatic rings. The molecule has 30 heavy (non-hydrogen) atoms. The van der Waals surface area contributed by atoms with Crippen LogP contribution in [0.5, 0.6) is 11.5 Å². The normalized spacial score (nSPS) is 9.80. The van der Waals surface area contributed by atoms with E-state index in [-0.39, 0.29) is 0 Å². The van der Waals surface area contributed by atoms with E-state index in [1.165, 1.54) is 20.3 Å². The summed E-state index contributed by atoms with van der Waals surface area (Å²) in [5, 5.41) is 6.83. The number of hydrogen-bond acceptors (Lipinski definition) is 7. The minimum Gasteiger partial charge on any atom is -0.497 e. The Hall–Kier alpha value is -4.08. The molecule has 0 aliphatic heterocycles. The molecule has 158 valence electrons. The molecule has 10 heteroatoms. The molecule has 0 saturated carbocycles. The van der Waals surface area contributed by atoms with E-state index < -0.39 is 37.0 Å². The lowest BCUT2D eigenvalue weighted by molar-refractivity contribution is -0.147. The number of carbonyl (C=O) groups excluding carboxylic acids is 4. The van der Waals surface area contributed by atoms with Crippen LogP contribution in [-0.4, -0.2) is 51.2 Å². The van der Waals surface area contributed by atoms with Crippen molar-refractivity contribution in [3.63, 3.8) is 0 Å². The van der Waals surface area contributed by atoms with Gasteiger partial charge in [-0.05, 0) is 42.5 Å². The van der Waals surface area contributed by atoms with E-state index >= 15 is 0 Å². The maximum atomic E-state index is 12.0. The fourth-order valence-electron chi connectivity index (χ4n) is 2.22. The second-order valence-corrected chi connectivity index (χ2v) is 5.81. The molecule has 0 bridgehead atoms. The molecule has 2 aromatic carbocycles. The SMILES string of the molecule is COc1ccc(NC(=O)NC(=O)COC(=O)CNC(=O)c2cccc(OC)c2)cc1. The van der Waals surface area contributed by atoms with Crippen molar-refractivity contribution < 1.29 is 33.4 Å². The molecule has 10 nitrogen and oxygen atoms in total. The largest absolute Gasteiger partial charge is 0.497 e. The average molecular weight is 415 g/mol. The molecular weight excluding hydrogens is 394 g/mol. The highest BCUT2D eigenvalue weighted by molar-refractivity contribution is 6.02. The van der Waals surface area contributed by atoms with Gasteiger partial charge in [0.15, 0.2) is 6.61 Å². The molecule has 3 N–H and O–H groups in total. The van der Waals surface area contributed by atoms with Crippen LogP contribution in [0, 0.1) is 0 Å². The molecule has 0 aromatic heterocycles.